The van der Waals surface area contributed by atoms with Crippen LogP contribution in [0.1, 0.15) is 34.9 Å². The molecule has 1 aliphatic heterocycles. The third-order valence-electron chi connectivity index (χ3n) is 5.20. The fraction of sp³-hybridized carbons (Fsp3) is 0.381. The van der Waals surface area contributed by atoms with Crippen molar-refractivity contribution >= 4 is 5.91 Å². The van der Waals surface area contributed by atoms with Gasteiger partial charge in [-0.05, 0) is 24.3 Å². The minimum Gasteiger partial charge on any atom is -0.497 e. The molecular formula is C21H21F2NO3. The van der Waals surface area contributed by atoms with Gasteiger partial charge in [0.15, 0.2) is 0 Å². The Kier molecular flexibility index (Phi) is 4.83. The molecule has 1 heterocycles. The van der Waals surface area contributed by atoms with Gasteiger partial charge in [0.1, 0.15) is 29.1 Å². The predicted molar refractivity (Wildman–Crippen MR) is 95.6 cm³/mol. The van der Waals surface area contributed by atoms with Crippen LogP contribution in [0.2, 0.25) is 0 Å². The summed E-state index contributed by atoms with van der Waals surface area (Å²) in [4.78, 5) is 14.5. The second-order valence-corrected chi connectivity index (χ2v) is 7.09. The van der Waals surface area contributed by atoms with Crippen molar-refractivity contribution in [1.29, 1.82) is 0 Å². The van der Waals surface area contributed by atoms with Gasteiger partial charge in [0, 0.05) is 18.7 Å². The Labute approximate surface area is 156 Å². The molecule has 27 heavy (non-hydrogen) atoms. The number of halogens is 2. The molecule has 0 unspecified atom stereocenters. The lowest BCUT2D eigenvalue weighted by Gasteiger charge is -2.38. The molecule has 6 heteroatoms. The Morgan fingerprint density at radius 3 is 2.37 bits per heavy atom. The number of methoxy groups -OCH3 is 1. The lowest BCUT2D eigenvalue weighted by Crippen LogP contribution is -2.48. The summed E-state index contributed by atoms with van der Waals surface area (Å²) in [5, 5.41) is 0. The van der Waals surface area contributed by atoms with Crippen molar-refractivity contribution in [2.24, 2.45) is 5.92 Å². The highest BCUT2D eigenvalue weighted by molar-refractivity contribution is 5.95. The summed E-state index contributed by atoms with van der Waals surface area (Å²) >= 11 is 0. The van der Waals surface area contributed by atoms with Gasteiger partial charge in [-0.25, -0.2) is 8.78 Å². The fourth-order valence-electron chi connectivity index (χ4n) is 3.56. The van der Waals surface area contributed by atoms with Crippen LogP contribution in [-0.2, 0) is 4.74 Å². The molecule has 2 fully saturated rings. The number of morpholine rings is 1. The van der Waals surface area contributed by atoms with E-state index in [0.29, 0.717) is 12.5 Å². The second kappa shape index (κ2) is 7.27. The van der Waals surface area contributed by atoms with E-state index in [-0.39, 0.29) is 24.5 Å². The van der Waals surface area contributed by atoms with Crippen LogP contribution in [0, 0.1) is 17.6 Å². The van der Waals surface area contributed by atoms with Gasteiger partial charge in [0.25, 0.3) is 5.91 Å². The first-order valence-electron chi connectivity index (χ1n) is 9.09. The molecule has 0 bridgehead atoms. The Bertz CT molecular complexity index is 816. The average molecular weight is 373 g/mol. The van der Waals surface area contributed by atoms with Crippen molar-refractivity contribution in [3.8, 4) is 5.75 Å². The molecule has 1 saturated heterocycles. The van der Waals surface area contributed by atoms with Gasteiger partial charge in [-0.2, -0.15) is 0 Å². The van der Waals surface area contributed by atoms with Crippen molar-refractivity contribution < 1.29 is 23.0 Å². The zero-order valence-corrected chi connectivity index (χ0v) is 15.0. The number of ether oxygens (including phenoxy) is 2. The van der Waals surface area contributed by atoms with Crippen LogP contribution in [0.3, 0.4) is 0 Å². The van der Waals surface area contributed by atoms with Crippen molar-refractivity contribution in [1.82, 2.24) is 4.90 Å². The van der Waals surface area contributed by atoms with Crippen LogP contribution in [-0.4, -0.2) is 37.1 Å². The topological polar surface area (TPSA) is 38.8 Å². The molecule has 0 radical (unpaired) electrons. The number of amides is 1. The molecule has 2 atom stereocenters. The van der Waals surface area contributed by atoms with Crippen molar-refractivity contribution in [2.45, 2.75) is 25.0 Å². The number of benzene rings is 2. The van der Waals surface area contributed by atoms with E-state index in [1.54, 1.807) is 0 Å². The molecule has 0 N–H and O–H groups in total. The largest absolute Gasteiger partial charge is 0.497 e. The quantitative estimate of drug-likeness (QED) is 0.814. The van der Waals surface area contributed by atoms with Crippen LogP contribution >= 0.6 is 0 Å². The first-order chi connectivity index (χ1) is 13.1. The monoisotopic (exact) mass is 373 g/mol. The summed E-state index contributed by atoms with van der Waals surface area (Å²) in [6, 6.07) is 11.7. The summed E-state index contributed by atoms with van der Waals surface area (Å²) in [5.74, 6) is -2.04. The van der Waals surface area contributed by atoms with Crippen molar-refractivity contribution in [2.75, 3.05) is 20.2 Å². The highest BCUT2D eigenvalue weighted by Crippen LogP contribution is 2.40. The van der Waals surface area contributed by atoms with E-state index in [4.69, 9.17) is 9.47 Å². The molecule has 4 rings (SSSR count). The van der Waals surface area contributed by atoms with Gasteiger partial charge < -0.3 is 14.4 Å². The summed E-state index contributed by atoms with van der Waals surface area (Å²) in [6.45, 7) is 0.606. The fourth-order valence-corrected chi connectivity index (χ4v) is 3.56. The molecular weight excluding hydrogens is 352 g/mol. The van der Waals surface area contributed by atoms with E-state index in [9.17, 15) is 13.6 Å². The molecule has 4 nitrogen and oxygen atoms in total. The van der Waals surface area contributed by atoms with Crippen LogP contribution in [0.15, 0.2) is 42.5 Å². The van der Waals surface area contributed by atoms with E-state index < -0.39 is 23.1 Å². The summed E-state index contributed by atoms with van der Waals surface area (Å²) < 4.78 is 39.9. The van der Waals surface area contributed by atoms with Crippen LogP contribution in [0.5, 0.6) is 5.75 Å². The number of carbonyl (C=O) groups is 1. The Hall–Kier alpha value is -2.47. The van der Waals surface area contributed by atoms with E-state index in [2.05, 4.69) is 0 Å². The maximum atomic E-state index is 14.4. The molecule has 2 aliphatic rings. The zero-order valence-electron chi connectivity index (χ0n) is 15.0. The first kappa shape index (κ1) is 17.9. The SMILES string of the molecule is COc1cc(F)c(C(=O)N2C[C@@H](c3ccccc3)O[C@@H](C3CC3)C2)c(F)c1. The maximum absolute atomic E-state index is 14.4. The third kappa shape index (κ3) is 3.67. The van der Waals surface area contributed by atoms with Crippen LogP contribution in [0.25, 0.3) is 0 Å². The number of hydrogen-bond donors (Lipinski definition) is 0. The summed E-state index contributed by atoms with van der Waals surface area (Å²) in [7, 11) is 1.32. The van der Waals surface area contributed by atoms with Crippen molar-refractivity contribution in [3.63, 3.8) is 0 Å². The molecule has 2 aromatic rings. The Morgan fingerprint density at radius 2 is 1.78 bits per heavy atom. The molecule has 1 amide bonds. The van der Waals surface area contributed by atoms with E-state index in [1.807, 2.05) is 30.3 Å². The van der Waals surface area contributed by atoms with Gasteiger partial charge in [-0.1, -0.05) is 30.3 Å². The number of carbonyl (C=O) groups excluding carboxylic acids is 1. The number of nitrogens with zero attached hydrogens (tertiary/aromatic N) is 1. The minimum atomic E-state index is -0.914. The highest BCUT2D eigenvalue weighted by atomic mass is 19.1. The van der Waals surface area contributed by atoms with E-state index in [0.717, 1.165) is 30.5 Å². The highest BCUT2D eigenvalue weighted by Gasteiger charge is 2.41. The molecule has 1 saturated carbocycles. The molecule has 0 spiro atoms. The van der Waals surface area contributed by atoms with Crippen LogP contribution < -0.4 is 4.74 Å². The first-order valence-corrected chi connectivity index (χ1v) is 9.09. The van der Waals surface area contributed by atoms with Crippen molar-refractivity contribution in [3.05, 3.63) is 65.2 Å². The molecule has 2 aromatic carbocycles. The smallest absolute Gasteiger partial charge is 0.260 e. The van der Waals surface area contributed by atoms with Gasteiger partial charge in [-0.15, -0.1) is 0 Å². The molecule has 142 valence electrons. The van der Waals surface area contributed by atoms with Crippen LogP contribution in [0.4, 0.5) is 8.78 Å². The lowest BCUT2D eigenvalue weighted by atomic mass is 10.0. The average Bonchev–Trinajstić information content (AvgIpc) is 3.53. The Morgan fingerprint density at radius 1 is 1.11 bits per heavy atom. The van der Waals surface area contributed by atoms with E-state index >= 15 is 0 Å². The van der Waals surface area contributed by atoms with Gasteiger partial charge >= 0.3 is 0 Å². The summed E-state index contributed by atoms with van der Waals surface area (Å²) in [5.41, 5.74) is 0.412. The third-order valence-corrected chi connectivity index (χ3v) is 5.20. The molecule has 1 aliphatic carbocycles. The van der Waals surface area contributed by atoms with Gasteiger partial charge in [0.2, 0.25) is 0 Å². The summed E-state index contributed by atoms with van der Waals surface area (Å²) in [6.07, 6.45) is 1.69. The normalized spacial score (nSPS) is 22.6. The number of rotatable bonds is 4. The standard InChI is InChI=1S/C21H21F2NO3/c1-26-15-9-16(22)20(17(23)10-15)21(25)24-11-18(13-5-3-2-4-6-13)27-19(12-24)14-7-8-14/h2-6,9-10,14,18-19H,7-8,11-12H2,1H3/t18-,19+/m0/s1. The van der Waals surface area contributed by atoms with Gasteiger partial charge in [0.05, 0.1) is 19.8 Å². The van der Waals surface area contributed by atoms with Gasteiger partial charge in [-0.3, -0.25) is 4.79 Å². The second-order valence-electron chi connectivity index (χ2n) is 7.09. The lowest BCUT2D eigenvalue weighted by molar-refractivity contribution is -0.0865. The zero-order chi connectivity index (χ0) is 19.0. The number of hydrogen-bond acceptors (Lipinski definition) is 3. The predicted octanol–water partition coefficient (Wildman–Crippen LogP) is 3.97. The minimum absolute atomic E-state index is 0.0431. The van der Waals surface area contributed by atoms with E-state index in [1.165, 1.54) is 12.0 Å². The molecule has 0 aromatic heterocycles. The Balaban J connectivity index is 1.62. The maximum Gasteiger partial charge on any atom is 0.260 e.